The lowest BCUT2D eigenvalue weighted by atomic mass is 10.0. The van der Waals surface area contributed by atoms with Crippen LogP contribution in [0.15, 0.2) is 72.8 Å². The monoisotopic (exact) mass is 453 g/mol. The van der Waals surface area contributed by atoms with Crippen LogP contribution >= 0.6 is 0 Å². The van der Waals surface area contributed by atoms with E-state index in [1.807, 2.05) is 35.8 Å². The van der Waals surface area contributed by atoms with Crippen molar-refractivity contribution in [2.75, 3.05) is 13.7 Å². The Bertz CT molecular complexity index is 1300. The molecule has 0 fully saturated rings. The number of benzene rings is 3. The molecule has 0 unspecified atom stereocenters. The molecule has 1 heterocycles. The number of aromatic nitrogens is 2. The Balaban J connectivity index is 1.78. The average molecular weight is 454 g/mol. The molecule has 0 spiro atoms. The first-order chi connectivity index (χ1) is 15.8. The van der Waals surface area contributed by atoms with Crippen LogP contribution in [0.4, 0.5) is 13.2 Å². The number of fused-ring (bicyclic) bond motifs is 1. The van der Waals surface area contributed by atoms with Gasteiger partial charge < -0.3 is 13.9 Å². The van der Waals surface area contributed by atoms with Gasteiger partial charge in [-0.05, 0) is 48.7 Å². The third-order valence-electron chi connectivity index (χ3n) is 5.83. The molecule has 0 aliphatic carbocycles. The first-order valence-corrected chi connectivity index (χ1v) is 10.7. The SMILES string of the molecule is COC[C@H](Cc1ccc(C)cc1)n1c(=N)n(Cc2cccc(C(F)(F)F)c2)c2ccccc21. The summed E-state index contributed by atoms with van der Waals surface area (Å²) in [6, 6.07) is 21.0. The van der Waals surface area contributed by atoms with E-state index in [9.17, 15) is 13.2 Å². The normalized spacial score (nSPS) is 12.9. The molecule has 0 saturated heterocycles. The number of imidazole rings is 1. The van der Waals surface area contributed by atoms with Crippen LogP contribution in [0.25, 0.3) is 11.0 Å². The zero-order valence-corrected chi connectivity index (χ0v) is 18.6. The molecule has 4 aromatic rings. The molecule has 172 valence electrons. The molecule has 0 aliphatic rings. The Morgan fingerprint density at radius 2 is 1.61 bits per heavy atom. The molecule has 0 amide bonds. The summed E-state index contributed by atoms with van der Waals surface area (Å²) in [5, 5.41) is 8.96. The minimum absolute atomic E-state index is 0.141. The van der Waals surface area contributed by atoms with Gasteiger partial charge in [0.2, 0.25) is 5.62 Å². The lowest BCUT2D eigenvalue weighted by Gasteiger charge is -2.19. The highest BCUT2D eigenvalue weighted by atomic mass is 19.4. The molecule has 0 saturated carbocycles. The fourth-order valence-corrected chi connectivity index (χ4v) is 4.23. The van der Waals surface area contributed by atoms with Gasteiger partial charge in [-0.2, -0.15) is 13.2 Å². The van der Waals surface area contributed by atoms with E-state index in [1.54, 1.807) is 17.7 Å². The first-order valence-electron chi connectivity index (χ1n) is 10.7. The number of methoxy groups -OCH3 is 1. The molecule has 1 aromatic heterocycles. The van der Waals surface area contributed by atoms with Crippen LogP contribution in [0.1, 0.15) is 28.3 Å². The number of ether oxygens (including phenoxy) is 1. The van der Waals surface area contributed by atoms with Crippen LogP contribution in [0, 0.1) is 12.3 Å². The van der Waals surface area contributed by atoms with Crippen molar-refractivity contribution in [3.05, 3.63) is 101 Å². The third-order valence-corrected chi connectivity index (χ3v) is 5.83. The summed E-state index contributed by atoms with van der Waals surface area (Å²) in [7, 11) is 1.63. The van der Waals surface area contributed by atoms with E-state index in [-0.39, 0.29) is 18.2 Å². The van der Waals surface area contributed by atoms with Crippen LogP contribution in [-0.4, -0.2) is 22.9 Å². The van der Waals surface area contributed by atoms with Crippen molar-refractivity contribution in [2.24, 2.45) is 0 Å². The minimum Gasteiger partial charge on any atom is -0.383 e. The van der Waals surface area contributed by atoms with E-state index in [0.717, 1.165) is 28.7 Å². The molecular weight excluding hydrogens is 427 g/mol. The largest absolute Gasteiger partial charge is 0.416 e. The Hall–Kier alpha value is -3.32. The molecule has 0 aliphatic heterocycles. The van der Waals surface area contributed by atoms with Crippen LogP contribution < -0.4 is 5.62 Å². The Morgan fingerprint density at radius 1 is 0.909 bits per heavy atom. The molecule has 1 N–H and O–H groups in total. The van der Waals surface area contributed by atoms with E-state index >= 15 is 0 Å². The number of hydrogen-bond donors (Lipinski definition) is 1. The first kappa shape index (κ1) is 22.9. The smallest absolute Gasteiger partial charge is 0.383 e. The third kappa shape index (κ3) is 4.88. The van der Waals surface area contributed by atoms with Crippen molar-refractivity contribution < 1.29 is 17.9 Å². The summed E-state index contributed by atoms with van der Waals surface area (Å²) >= 11 is 0. The van der Waals surface area contributed by atoms with Gasteiger partial charge in [0.1, 0.15) is 0 Å². The molecule has 33 heavy (non-hydrogen) atoms. The molecule has 4 rings (SSSR count). The van der Waals surface area contributed by atoms with Crippen molar-refractivity contribution in [3.63, 3.8) is 0 Å². The number of para-hydroxylation sites is 2. The number of halogens is 3. The average Bonchev–Trinajstić information content (AvgIpc) is 3.06. The maximum Gasteiger partial charge on any atom is 0.416 e. The molecule has 0 bridgehead atoms. The second kappa shape index (κ2) is 9.27. The summed E-state index contributed by atoms with van der Waals surface area (Å²) in [6.45, 7) is 2.61. The van der Waals surface area contributed by atoms with Crippen LogP contribution in [0.3, 0.4) is 0 Å². The quantitative estimate of drug-likeness (QED) is 0.382. The lowest BCUT2D eigenvalue weighted by molar-refractivity contribution is -0.137. The number of aryl methyl sites for hydroxylation is 1. The fraction of sp³-hybridized carbons (Fsp3) is 0.269. The Labute approximate surface area is 190 Å². The predicted octanol–water partition coefficient (Wildman–Crippen LogP) is 5.73. The topological polar surface area (TPSA) is 42.9 Å². The Morgan fingerprint density at radius 3 is 2.27 bits per heavy atom. The van der Waals surface area contributed by atoms with E-state index < -0.39 is 11.7 Å². The Kier molecular flexibility index (Phi) is 6.42. The minimum atomic E-state index is -4.41. The second-order valence-electron chi connectivity index (χ2n) is 8.27. The number of nitrogens with one attached hydrogen (secondary N) is 1. The maximum absolute atomic E-state index is 13.2. The van der Waals surface area contributed by atoms with Crippen molar-refractivity contribution in [3.8, 4) is 0 Å². The highest BCUT2D eigenvalue weighted by Gasteiger charge is 2.30. The summed E-state index contributed by atoms with van der Waals surface area (Å²) in [4.78, 5) is 0. The second-order valence-corrected chi connectivity index (χ2v) is 8.27. The van der Waals surface area contributed by atoms with E-state index in [2.05, 4.69) is 24.3 Å². The van der Waals surface area contributed by atoms with Crippen molar-refractivity contribution >= 4 is 11.0 Å². The molecule has 1 atom stereocenters. The highest BCUT2D eigenvalue weighted by Crippen LogP contribution is 2.30. The van der Waals surface area contributed by atoms with Crippen LogP contribution in [-0.2, 0) is 23.9 Å². The zero-order chi connectivity index (χ0) is 23.6. The van der Waals surface area contributed by atoms with Crippen molar-refractivity contribution in [1.29, 1.82) is 5.41 Å². The van der Waals surface area contributed by atoms with E-state index in [1.165, 1.54) is 11.6 Å². The van der Waals surface area contributed by atoms with Crippen LogP contribution in [0.5, 0.6) is 0 Å². The van der Waals surface area contributed by atoms with Crippen molar-refractivity contribution in [1.82, 2.24) is 9.13 Å². The fourth-order valence-electron chi connectivity index (χ4n) is 4.23. The van der Waals surface area contributed by atoms with Gasteiger partial charge in [-0.3, -0.25) is 5.41 Å². The summed E-state index contributed by atoms with van der Waals surface area (Å²) in [5.41, 5.74) is 3.98. The highest BCUT2D eigenvalue weighted by molar-refractivity contribution is 5.76. The lowest BCUT2D eigenvalue weighted by Crippen LogP contribution is -2.31. The number of nitrogens with zero attached hydrogens (tertiary/aromatic N) is 2. The number of alkyl halides is 3. The summed E-state index contributed by atoms with van der Waals surface area (Å²) in [6.07, 6.45) is -3.74. The number of hydrogen-bond acceptors (Lipinski definition) is 2. The van der Waals surface area contributed by atoms with Gasteiger partial charge in [-0.15, -0.1) is 0 Å². The zero-order valence-electron chi connectivity index (χ0n) is 18.6. The van der Waals surface area contributed by atoms with Gasteiger partial charge in [0.15, 0.2) is 0 Å². The standard InChI is InChI=1S/C26H26F3N3O/c1-18-10-12-19(13-11-18)15-22(17-33-2)32-24-9-4-3-8-23(24)31(25(32)30)16-20-6-5-7-21(14-20)26(27,28)29/h3-14,22,30H,15-17H2,1-2H3/t22-/m0/s1. The summed E-state index contributed by atoms with van der Waals surface area (Å²) in [5.74, 6) is 0. The maximum atomic E-state index is 13.2. The van der Waals surface area contributed by atoms with Crippen molar-refractivity contribution in [2.45, 2.75) is 32.1 Å². The summed E-state index contributed by atoms with van der Waals surface area (Å²) < 4.78 is 48.8. The predicted molar refractivity (Wildman–Crippen MR) is 122 cm³/mol. The van der Waals surface area contributed by atoms with Gasteiger partial charge >= 0.3 is 6.18 Å². The molecular formula is C26H26F3N3O. The molecule has 0 radical (unpaired) electrons. The molecule has 7 heteroatoms. The van der Waals surface area contributed by atoms with Crippen LogP contribution in [0.2, 0.25) is 0 Å². The van der Waals surface area contributed by atoms with Gasteiger partial charge in [0.05, 0.1) is 35.8 Å². The van der Waals surface area contributed by atoms with E-state index in [0.29, 0.717) is 18.6 Å². The molecule has 4 nitrogen and oxygen atoms in total. The molecule has 3 aromatic carbocycles. The van der Waals surface area contributed by atoms with E-state index in [4.69, 9.17) is 10.1 Å². The number of rotatable bonds is 7. The van der Waals surface area contributed by atoms with Gasteiger partial charge in [-0.25, -0.2) is 0 Å². The van der Waals surface area contributed by atoms with Gasteiger partial charge in [-0.1, -0.05) is 54.1 Å². The van der Waals surface area contributed by atoms with Gasteiger partial charge in [0, 0.05) is 7.11 Å². The van der Waals surface area contributed by atoms with Gasteiger partial charge in [0.25, 0.3) is 0 Å².